The number of carboxylic acid groups (broad SMARTS) is 1. The lowest BCUT2D eigenvalue weighted by Crippen LogP contribution is -2.13. The Morgan fingerprint density at radius 1 is 1.05 bits per heavy atom. The molecule has 0 bridgehead atoms. The standard InChI is InChI=1S/C15H13NO4/c1-11(19-13-9-5-6-10-16-13)14(15(17)18)20-12-7-3-2-4-8-12/h2-10H,1H3,(H,17,18). The van der Waals surface area contributed by atoms with Crippen LogP contribution in [0.25, 0.3) is 0 Å². The molecule has 1 aromatic heterocycles. The summed E-state index contributed by atoms with van der Waals surface area (Å²) in [5.74, 6) is -0.626. The summed E-state index contributed by atoms with van der Waals surface area (Å²) >= 11 is 0. The summed E-state index contributed by atoms with van der Waals surface area (Å²) < 4.78 is 10.7. The first-order valence-corrected chi connectivity index (χ1v) is 5.93. The van der Waals surface area contributed by atoms with Crippen molar-refractivity contribution in [1.82, 2.24) is 4.98 Å². The molecule has 0 amide bonds. The van der Waals surface area contributed by atoms with Gasteiger partial charge in [-0.3, -0.25) is 0 Å². The molecule has 20 heavy (non-hydrogen) atoms. The third-order valence-electron chi connectivity index (χ3n) is 2.37. The molecule has 0 radical (unpaired) electrons. The number of para-hydroxylation sites is 1. The fourth-order valence-corrected chi connectivity index (χ4v) is 1.48. The Morgan fingerprint density at radius 3 is 2.35 bits per heavy atom. The van der Waals surface area contributed by atoms with E-state index >= 15 is 0 Å². The van der Waals surface area contributed by atoms with Crippen LogP contribution in [0.1, 0.15) is 6.92 Å². The third kappa shape index (κ3) is 3.58. The minimum atomic E-state index is -1.21. The molecule has 2 aromatic rings. The monoisotopic (exact) mass is 271 g/mol. The van der Waals surface area contributed by atoms with Crippen molar-refractivity contribution in [3.63, 3.8) is 0 Å². The minimum Gasteiger partial charge on any atom is -0.475 e. The highest BCUT2D eigenvalue weighted by molar-refractivity contribution is 5.85. The number of hydrogen-bond acceptors (Lipinski definition) is 4. The Balaban J connectivity index is 2.22. The van der Waals surface area contributed by atoms with Crippen molar-refractivity contribution in [2.45, 2.75) is 6.92 Å². The van der Waals surface area contributed by atoms with E-state index in [9.17, 15) is 9.90 Å². The Hall–Kier alpha value is -2.82. The highest BCUT2D eigenvalue weighted by Gasteiger charge is 2.16. The summed E-state index contributed by atoms with van der Waals surface area (Å²) in [5.41, 5.74) is 0. The van der Waals surface area contributed by atoms with Crippen molar-refractivity contribution >= 4 is 5.97 Å². The molecule has 0 aliphatic rings. The first kappa shape index (κ1) is 13.6. The van der Waals surface area contributed by atoms with Crippen molar-refractivity contribution in [3.05, 3.63) is 66.2 Å². The Labute approximate surface area is 116 Å². The second-order valence-electron chi connectivity index (χ2n) is 3.88. The van der Waals surface area contributed by atoms with E-state index in [4.69, 9.17) is 9.47 Å². The first-order chi connectivity index (χ1) is 9.66. The van der Waals surface area contributed by atoms with Gasteiger partial charge in [-0.25, -0.2) is 9.78 Å². The molecule has 0 aliphatic carbocycles. The summed E-state index contributed by atoms with van der Waals surface area (Å²) in [7, 11) is 0. The number of aliphatic carboxylic acids is 1. The second kappa shape index (κ2) is 6.38. The molecular formula is C15H13NO4. The average molecular weight is 271 g/mol. The molecule has 2 rings (SSSR count). The number of carbonyl (C=O) groups is 1. The molecule has 0 atom stereocenters. The Morgan fingerprint density at radius 2 is 1.75 bits per heavy atom. The van der Waals surface area contributed by atoms with Crippen LogP contribution in [-0.2, 0) is 4.79 Å². The van der Waals surface area contributed by atoms with Crippen LogP contribution in [0.2, 0.25) is 0 Å². The van der Waals surface area contributed by atoms with Crippen molar-refractivity contribution in [3.8, 4) is 11.6 Å². The van der Waals surface area contributed by atoms with Gasteiger partial charge in [-0.2, -0.15) is 0 Å². The molecule has 0 spiro atoms. The number of aromatic nitrogens is 1. The van der Waals surface area contributed by atoms with E-state index in [1.807, 2.05) is 6.07 Å². The van der Waals surface area contributed by atoms with Gasteiger partial charge in [0.25, 0.3) is 0 Å². The van der Waals surface area contributed by atoms with Crippen molar-refractivity contribution in [2.24, 2.45) is 0 Å². The molecule has 0 fully saturated rings. The van der Waals surface area contributed by atoms with Gasteiger partial charge < -0.3 is 14.6 Å². The number of carboxylic acids is 1. The number of hydrogen-bond donors (Lipinski definition) is 1. The summed E-state index contributed by atoms with van der Waals surface area (Å²) in [6, 6.07) is 13.8. The fourth-order valence-electron chi connectivity index (χ4n) is 1.48. The van der Waals surface area contributed by atoms with Crippen LogP contribution in [0, 0.1) is 0 Å². The minimum absolute atomic E-state index is 0.125. The second-order valence-corrected chi connectivity index (χ2v) is 3.88. The molecule has 0 unspecified atom stereocenters. The van der Waals surface area contributed by atoms with Crippen LogP contribution in [0.5, 0.6) is 11.6 Å². The Bertz CT molecular complexity index is 608. The molecule has 1 aromatic carbocycles. The van der Waals surface area contributed by atoms with Crippen LogP contribution in [0.15, 0.2) is 66.2 Å². The van der Waals surface area contributed by atoms with Crippen LogP contribution >= 0.6 is 0 Å². The van der Waals surface area contributed by atoms with Gasteiger partial charge >= 0.3 is 5.97 Å². The van der Waals surface area contributed by atoms with Crippen molar-refractivity contribution < 1.29 is 19.4 Å². The lowest BCUT2D eigenvalue weighted by atomic mass is 10.3. The van der Waals surface area contributed by atoms with Gasteiger partial charge in [0.1, 0.15) is 5.75 Å². The first-order valence-electron chi connectivity index (χ1n) is 5.93. The van der Waals surface area contributed by atoms with Gasteiger partial charge in [-0.15, -0.1) is 0 Å². The van der Waals surface area contributed by atoms with Gasteiger partial charge in [0, 0.05) is 12.3 Å². The number of pyridine rings is 1. The van der Waals surface area contributed by atoms with E-state index in [1.165, 1.54) is 6.92 Å². The van der Waals surface area contributed by atoms with E-state index < -0.39 is 5.97 Å². The lowest BCUT2D eigenvalue weighted by Gasteiger charge is -2.10. The molecule has 0 aliphatic heterocycles. The highest BCUT2D eigenvalue weighted by Crippen LogP contribution is 2.17. The quantitative estimate of drug-likeness (QED) is 0.669. The normalized spacial score (nSPS) is 11.4. The van der Waals surface area contributed by atoms with Gasteiger partial charge in [0.2, 0.25) is 11.6 Å². The summed E-state index contributed by atoms with van der Waals surface area (Å²) in [4.78, 5) is 15.2. The average Bonchev–Trinajstić information content (AvgIpc) is 2.46. The van der Waals surface area contributed by atoms with E-state index in [1.54, 1.807) is 48.7 Å². The van der Waals surface area contributed by atoms with Gasteiger partial charge in [-0.1, -0.05) is 24.3 Å². The van der Waals surface area contributed by atoms with Crippen LogP contribution in [0.4, 0.5) is 0 Å². The smallest absolute Gasteiger partial charge is 0.375 e. The van der Waals surface area contributed by atoms with Gasteiger partial charge in [0.05, 0.1) is 0 Å². The SMILES string of the molecule is CC(Oc1ccccn1)=C(Oc1ccccc1)C(=O)O. The zero-order valence-electron chi connectivity index (χ0n) is 10.8. The van der Waals surface area contributed by atoms with E-state index in [0.29, 0.717) is 11.6 Å². The van der Waals surface area contributed by atoms with E-state index in [0.717, 1.165) is 0 Å². The van der Waals surface area contributed by atoms with E-state index in [-0.39, 0.29) is 11.5 Å². The maximum Gasteiger partial charge on any atom is 0.375 e. The maximum atomic E-state index is 11.3. The van der Waals surface area contributed by atoms with Gasteiger partial charge in [0.15, 0.2) is 5.76 Å². The summed E-state index contributed by atoms with van der Waals surface area (Å²) in [6.07, 6.45) is 1.56. The molecule has 5 nitrogen and oxygen atoms in total. The molecular weight excluding hydrogens is 258 g/mol. The predicted molar refractivity (Wildman–Crippen MR) is 72.3 cm³/mol. The van der Waals surface area contributed by atoms with Crippen molar-refractivity contribution in [2.75, 3.05) is 0 Å². The summed E-state index contributed by atoms with van der Waals surface area (Å²) in [6.45, 7) is 1.51. The molecule has 102 valence electrons. The van der Waals surface area contributed by atoms with Crippen molar-refractivity contribution in [1.29, 1.82) is 0 Å². The number of ether oxygens (including phenoxy) is 2. The van der Waals surface area contributed by atoms with Crippen LogP contribution < -0.4 is 9.47 Å². The number of nitrogens with zero attached hydrogens (tertiary/aromatic N) is 1. The fraction of sp³-hybridized carbons (Fsp3) is 0.0667. The highest BCUT2D eigenvalue weighted by atomic mass is 16.5. The Kier molecular flexibility index (Phi) is 4.34. The molecule has 5 heteroatoms. The number of allylic oxidation sites excluding steroid dienone is 1. The predicted octanol–water partition coefficient (Wildman–Crippen LogP) is 2.86. The maximum absolute atomic E-state index is 11.3. The molecule has 1 N–H and O–H groups in total. The number of rotatable bonds is 5. The van der Waals surface area contributed by atoms with E-state index in [2.05, 4.69) is 4.98 Å². The number of benzene rings is 1. The molecule has 0 saturated heterocycles. The summed E-state index contributed by atoms with van der Waals surface area (Å²) in [5, 5.41) is 9.20. The lowest BCUT2D eigenvalue weighted by molar-refractivity contribution is -0.135. The zero-order chi connectivity index (χ0) is 14.4. The topological polar surface area (TPSA) is 68.7 Å². The van der Waals surface area contributed by atoms with Crippen LogP contribution in [-0.4, -0.2) is 16.1 Å². The van der Waals surface area contributed by atoms with Gasteiger partial charge in [-0.05, 0) is 25.1 Å². The molecule has 1 heterocycles. The largest absolute Gasteiger partial charge is 0.475 e. The third-order valence-corrected chi connectivity index (χ3v) is 2.37. The van der Waals surface area contributed by atoms with Crippen LogP contribution in [0.3, 0.4) is 0 Å². The zero-order valence-corrected chi connectivity index (χ0v) is 10.8. The molecule has 0 saturated carbocycles.